The van der Waals surface area contributed by atoms with Crippen molar-refractivity contribution in [2.45, 2.75) is 26.4 Å². The van der Waals surface area contributed by atoms with Crippen LogP contribution in [0.5, 0.6) is 0 Å². The highest BCUT2D eigenvalue weighted by molar-refractivity contribution is 5.06. The van der Waals surface area contributed by atoms with Crippen LogP contribution in [0.15, 0.2) is 18.7 Å². The zero-order chi connectivity index (χ0) is 11.4. The van der Waals surface area contributed by atoms with E-state index in [0.717, 1.165) is 18.5 Å². The molecular formula is C10H12N6. The molecule has 0 atom stereocenters. The third-order valence-corrected chi connectivity index (χ3v) is 2.28. The molecule has 2 aromatic rings. The first-order valence-electron chi connectivity index (χ1n) is 5.12. The van der Waals surface area contributed by atoms with E-state index in [2.05, 4.69) is 15.2 Å². The predicted molar refractivity (Wildman–Crippen MR) is 56.3 cm³/mol. The van der Waals surface area contributed by atoms with Crippen molar-refractivity contribution in [3.63, 3.8) is 0 Å². The molecule has 6 nitrogen and oxygen atoms in total. The molecule has 0 unspecified atom stereocenters. The molecule has 0 radical (unpaired) electrons. The molecule has 6 heteroatoms. The van der Waals surface area contributed by atoms with E-state index in [-0.39, 0.29) is 5.82 Å². The molecule has 0 aliphatic heterocycles. The van der Waals surface area contributed by atoms with Crippen molar-refractivity contribution in [3.05, 3.63) is 30.1 Å². The maximum atomic E-state index is 8.57. The molecule has 0 saturated carbocycles. The average Bonchev–Trinajstić information content (AvgIpc) is 2.95. The lowest BCUT2D eigenvalue weighted by Crippen LogP contribution is -2.01. The second-order valence-corrected chi connectivity index (χ2v) is 3.40. The summed E-state index contributed by atoms with van der Waals surface area (Å²) in [7, 11) is 0. The summed E-state index contributed by atoms with van der Waals surface area (Å²) in [5.74, 6) is 0.212. The van der Waals surface area contributed by atoms with Gasteiger partial charge in [0.25, 0.3) is 5.82 Å². The Morgan fingerprint density at radius 3 is 2.94 bits per heavy atom. The second kappa shape index (κ2) is 4.57. The van der Waals surface area contributed by atoms with E-state index in [4.69, 9.17) is 5.26 Å². The van der Waals surface area contributed by atoms with E-state index in [1.165, 1.54) is 0 Å². The fraction of sp³-hybridized carbons (Fsp3) is 0.400. The average molecular weight is 216 g/mol. The molecule has 2 aromatic heterocycles. The van der Waals surface area contributed by atoms with Gasteiger partial charge in [0, 0.05) is 19.3 Å². The number of nitrogens with zero attached hydrogens (tertiary/aromatic N) is 6. The number of aromatic nitrogens is 5. The van der Waals surface area contributed by atoms with Crippen LogP contribution in [-0.4, -0.2) is 24.5 Å². The van der Waals surface area contributed by atoms with E-state index in [0.29, 0.717) is 6.54 Å². The van der Waals surface area contributed by atoms with Gasteiger partial charge in [-0.2, -0.15) is 10.4 Å². The normalized spacial score (nSPS) is 10.2. The predicted octanol–water partition coefficient (Wildman–Crippen LogP) is 0.609. The largest absolute Gasteiger partial charge is 0.273 e. The van der Waals surface area contributed by atoms with Gasteiger partial charge < -0.3 is 0 Å². The van der Waals surface area contributed by atoms with Gasteiger partial charge in [-0.3, -0.25) is 9.36 Å². The summed E-state index contributed by atoms with van der Waals surface area (Å²) >= 11 is 0. The quantitative estimate of drug-likeness (QED) is 0.750. The van der Waals surface area contributed by atoms with Crippen molar-refractivity contribution in [1.82, 2.24) is 24.5 Å². The van der Waals surface area contributed by atoms with Crippen LogP contribution in [0.3, 0.4) is 0 Å². The van der Waals surface area contributed by atoms with Crippen LogP contribution in [-0.2, 0) is 19.5 Å². The molecule has 2 heterocycles. The fourth-order valence-corrected chi connectivity index (χ4v) is 1.41. The highest BCUT2D eigenvalue weighted by Gasteiger charge is 2.01. The Kier molecular flexibility index (Phi) is 2.96. The summed E-state index contributed by atoms with van der Waals surface area (Å²) < 4.78 is 3.55. The highest BCUT2D eigenvalue weighted by atomic mass is 15.3. The van der Waals surface area contributed by atoms with E-state index in [1.807, 2.05) is 30.1 Å². The molecular weight excluding hydrogens is 204 g/mol. The topological polar surface area (TPSA) is 72.3 Å². The third-order valence-electron chi connectivity index (χ3n) is 2.28. The minimum Gasteiger partial charge on any atom is -0.273 e. The summed E-state index contributed by atoms with van der Waals surface area (Å²) in [4.78, 5) is 3.84. The van der Waals surface area contributed by atoms with Crippen molar-refractivity contribution >= 4 is 0 Å². The summed E-state index contributed by atoms with van der Waals surface area (Å²) in [6.07, 6.45) is 6.28. The van der Waals surface area contributed by atoms with Crippen LogP contribution < -0.4 is 0 Å². The third kappa shape index (κ3) is 2.25. The number of aryl methyl sites for hydroxylation is 3. The summed E-state index contributed by atoms with van der Waals surface area (Å²) in [5, 5.41) is 16.7. The monoisotopic (exact) mass is 216 g/mol. The number of rotatable bonds is 4. The first kappa shape index (κ1) is 10.4. The molecule has 0 saturated heterocycles. The lowest BCUT2D eigenvalue weighted by Gasteiger charge is -1.97. The van der Waals surface area contributed by atoms with Crippen LogP contribution in [0.25, 0.3) is 0 Å². The van der Waals surface area contributed by atoms with Crippen molar-refractivity contribution in [1.29, 1.82) is 5.26 Å². The molecule has 0 N–H and O–H groups in total. The summed E-state index contributed by atoms with van der Waals surface area (Å²) in [5.41, 5.74) is 1.16. The van der Waals surface area contributed by atoms with Gasteiger partial charge in [-0.15, -0.1) is 5.10 Å². The lowest BCUT2D eigenvalue weighted by atomic mass is 10.2. The Balaban J connectivity index is 1.94. The smallest absolute Gasteiger partial charge is 0.252 e. The number of nitriles is 1. The zero-order valence-electron chi connectivity index (χ0n) is 9.04. The van der Waals surface area contributed by atoms with Gasteiger partial charge in [-0.1, -0.05) is 0 Å². The number of hydrogen-bond donors (Lipinski definition) is 0. The van der Waals surface area contributed by atoms with Crippen LogP contribution in [0.4, 0.5) is 0 Å². The van der Waals surface area contributed by atoms with Gasteiger partial charge in [-0.05, 0) is 18.9 Å². The Hall–Kier alpha value is -2.16. The molecule has 2 rings (SSSR count). The lowest BCUT2D eigenvalue weighted by molar-refractivity contribution is 0.610. The van der Waals surface area contributed by atoms with E-state index >= 15 is 0 Å². The van der Waals surface area contributed by atoms with E-state index in [1.54, 1.807) is 11.0 Å². The first-order valence-corrected chi connectivity index (χ1v) is 5.12. The SMILES string of the molecule is CCn1cc(CCn2cnc(C#N)n2)cn1. The minimum atomic E-state index is 0.212. The van der Waals surface area contributed by atoms with Crippen LogP contribution in [0.1, 0.15) is 18.3 Å². The molecule has 82 valence electrons. The molecule has 0 spiro atoms. The first-order chi connectivity index (χ1) is 7.81. The molecule has 0 aliphatic rings. The molecule has 0 fully saturated rings. The van der Waals surface area contributed by atoms with Crippen LogP contribution in [0.2, 0.25) is 0 Å². The van der Waals surface area contributed by atoms with Gasteiger partial charge in [0.2, 0.25) is 0 Å². The minimum absolute atomic E-state index is 0.212. The Morgan fingerprint density at radius 1 is 1.44 bits per heavy atom. The molecule has 0 bridgehead atoms. The van der Waals surface area contributed by atoms with Gasteiger partial charge in [-0.25, -0.2) is 4.98 Å². The second-order valence-electron chi connectivity index (χ2n) is 3.40. The maximum absolute atomic E-state index is 8.57. The van der Waals surface area contributed by atoms with Crippen molar-refractivity contribution < 1.29 is 0 Å². The molecule has 0 aliphatic carbocycles. The molecule has 0 aromatic carbocycles. The van der Waals surface area contributed by atoms with Gasteiger partial charge in [0.05, 0.1) is 6.20 Å². The Labute approximate surface area is 93.1 Å². The summed E-state index contributed by atoms with van der Waals surface area (Å²) in [6, 6.07) is 1.90. The van der Waals surface area contributed by atoms with Gasteiger partial charge >= 0.3 is 0 Å². The van der Waals surface area contributed by atoms with Crippen molar-refractivity contribution in [2.24, 2.45) is 0 Å². The Bertz CT molecular complexity index is 503. The molecule has 0 amide bonds. The van der Waals surface area contributed by atoms with Crippen molar-refractivity contribution in [2.75, 3.05) is 0 Å². The van der Waals surface area contributed by atoms with Crippen LogP contribution in [0, 0.1) is 11.3 Å². The van der Waals surface area contributed by atoms with Crippen LogP contribution >= 0.6 is 0 Å². The fourth-order valence-electron chi connectivity index (χ4n) is 1.41. The highest BCUT2D eigenvalue weighted by Crippen LogP contribution is 2.00. The standard InChI is InChI=1S/C10H12N6/c1-2-15-7-9(6-13-15)3-4-16-8-12-10(5-11)14-16/h6-8H,2-4H2,1H3. The van der Waals surface area contributed by atoms with Gasteiger partial charge in [0.1, 0.15) is 12.4 Å². The summed E-state index contributed by atoms with van der Waals surface area (Å²) in [6.45, 7) is 3.64. The van der Waals surface area contributed by atoms with E-state index in [9.17, 15) is 0 Å². The van der Waals surface area contributed by atoms with E-state index < -0.39 is 0 Å². The zero-order valence-corrected chi connectivity index (χ0v) is 9.04. The maximum Gasteiger partial charge on any atom is 0.252 e. The Morgan fingerprint density at radius 2 is 2.31 bits per heavy atom. The van der Waals surface area contributed by atoms with Crippen molar-refractivity contribution in [3.8, 4) is 6.07 Å². The number of hydrogen-bond acceptors (Lipinski definition) is 4. The molecule has 16 heavy (non-hydrogen) atoms. The van der Waals surface area contributed by atoms with Gasteiger partial charge in [0.15, 0.2) is 0 Å².